The smallest absolute Gasteiger partial charge is 0.270 e. The second kappa shape index (κ2) is 6.57. The Hall–Kier alpha value is -3.09. The van der Waals surface area contributed by atoms with Crippen molar-refractivity contribution in [3.63, 3.8) is 0 Å². The lowest BCUT2D eigenvalue weighted by molar-refractivity contribution is 0.0944. The van der Waals surface area contributed by atoms with Gasteiger partial charge in [0, 0.05) is 12.1 Å². The number of carbonyl (C=O) groups is 1. The van der Waals surface area contributed by atoms with E-state index in [0.29, 0.717) is 22.6 Å². The molecule has 0 fully saturated rings. The maximum atomic E-state index is 12.2. The summed E-state index contributed by atoms with van der Waals surface area (Å²) in [6.07, 6.45) is 1.56. The van der Waals surface area contributed by atoms with Crippen molar-refractivity contribution in [1.29, 1.82) is 0 Å². The van der Waals surface area contributed by atoms with Crippen LogP contribution in [0.5, 0.6) is 0 Å². The van der Waals surface area contributed by atoms with Crippen LogP contribution in [0, 0.1) is 0 Å². The lowest BCUT2D eigenvalue weighted by Gasteiger charge is -2.07. The first kappa shape index (κ1) is 15.8. The molecule has 0 aliphatic heterocycles. The van der Waals surface area contributed by atoms with Gasteiger partial charge in [-0.05, 0) is 18.2 Å². The molecule has 0 radical (unpaired) electrons. The van der Waals surface area contributed by atoms with E-state index >= 15 is 0 Å². The predicted octanol–water partition coefficient (Wildman–Crippen LogP) is 1.77. The molecule has 0 spiro atoms. The summed E-state index contributed by atoms with van der Waals surface area (Å²) in [5.41, 5.74) is 0.653. The van der Waals surface area contributed by atoms with Crippen LogP contribution in [0.1, 0.15) is 41.9 Å². The number of nitrogens with zero attached hydrogens (tertiary/aromatic N) is 3. The van der Waals surface area contributed by atoms with E-state index in [-0.39, 0.29) is 29.6 Å². The van der Waals surface area contributed by atoms with Crippen molar-refractivity contribution in [3.8, 4) is 0 Å². The minimum atomic E-state index is -0.338. The predicted molar refractivity (Wildman–Crippen MR) is 89.7 cm³/mol. The average Bonchev–Trinajstić information content (AvgIpc) is 2.60. The van der Waals surface area contributed by atoms with E-state index in [0.717, 1.165) is 0 Å². The SMILES string of the molecule is CC(C)c1nccc(C(=O)NCc2nc3ccccc3c(=O)[nH]2)n1. The summed E-state index contributed by atoms with van der Waals surface area (Å²) in [7, 11) is 0. The number of hydrogen-bond acceptors (Lipinski definition) is 5. The van der Waals surface area contributed by atoms with Crippen LogP contribution in [-0.4, -0.2) is 25.8 Å². The number of rotatable bonds is 4. The van der Waals surface area contributed by atoms with Gasteiger partial charge in [-0.3, -0.25) is 9.59 Å². The van der Waals surface area contributed by atoms with Gasteiger partial charge in [0.2, 0.25) is 0 Å². The summed E-state index contributed by atoms with van der Waals surface area (Å²) in [6, 6.07) is 8.61. The first-order chi connectivity index (χ1) is 11.5. The van der Waals surface area contributed by atoms with Crippen molar-refractivity contribution in [3.05, 3.63) is 64.2 Å². The fourth-order valence-electron chi connectivity index (χ4n) is 2.25. The van der Waals surface area contributed by atoms with Crippen LogP contribution in [0.4, 0.5) is 0 Å². The summed E-state index contributed by atoms with van der Waals surface area (Å²) in [5.74, 6) is 0.802. The molecule has 7 heteroatoms. The van der Waals surface area contributed by atoms with E-state index in [2.05, 4.69) is 25.3 Å². The van der Waals surface area contributed by atoms with E-state index in [1.807, 2.05) is 19.9 Å². The molecule has 1 aromatic carbocycles. The molecule has 0 saturated heterocycles. The Morgan fingerprint density at radius 3 is 2.79 bits per heavy atom. The largest absolute Gasteiger partial charge is 0.343 e. The Labute approximate surface area is 138 Å². The zero-order valence-corrected chi connectivity index (χ0v) is 13.4. The minimum Gasteiger partial charge on any atom is -0.343 e. The molecule has 0 atom stereocenters. The summed E-state index contributed by atoms with van der Waals surface area (Å²) in [5, 5.41) is 3.23. The third-order valence-electron chi connectivity index (χ3n) is 3.50. The number of benzene rings is 1. The van der Waals surface area contributed by atoms with Gasteiger partial charge in [-0.2, -0.15) is 0 Å². The minimum absolute atomic E-state index is 0.111. The molecule has 3 aromatic rings. The lowest BCUT2D eigenvalue weighted by atomic mass is 10.2. The second-order valence-corrected chi connectivity index (χ2v) is 5.67. The van der Waals surface area contributed by atoms with Crippen molar-refractivity contribution in [1.82, 2.24) is 25.3 Å². The molecule has 2 heterocycles. The van der Waals surface area contributed by atoms with Crippen LogP contribution in [-0.2, 0) is 6.54 Å². The van der Waals surface area contributed by atoms with Crippen molar-refractivity contribution < 1.29 is 4.79 Å². The Morgan fingerprint density at radius 1 is 1.21 bits per heavy atom. The summed E-state index contributed by atoms with van der Waals surface area (Å²) in [6.45, 7) is 4.03. The van der Waals surface area contributed by atoms with Crippen LogP contribution in [0.25, 0.3) is 10.9 Å². The number of carbonyl (C=O) groups excluding carboxylic acids is 1. The van der Waals surface area contributed by atoms with E-state index in [4.69, 9.17) is 0 Å². The molecule has 122 valence electrons. The van der Waals surface area contributed by atoms with Gasteiger partial charge in [0.25, 0.3) is 11.5 Å². The van der Waals surface area contributed by atoms with E-state index < -0.39 is 0 Å². The van der Waals surface area contributed by atoms with Gasteiger partial charge in [-0.15, -0.1) is 0 Å². The molecule has 0 aliphatic carbocycles. The third-order valence-corrected chi connectivity index (χ3v) is 3.50. The van der Waals surface area contributed by atoms with Gasteiger partial charge in [0.15, 0.2) is 0 Å². The number of H-pyrrole nitrogens is 1. The van der Waals surface area contributed by atoms with Crippen molar-refractivity contribution in [2.45, 2.75) is 26.3 Å². The standard InChI is InChI=1S/C17H17N5O2/c1-10(2)15-18-8-7-13(21-15)17(24)19-9-14-20-12-6-4-3-5-11(12)16(23)22-14/h3-8,10H,9H2,1-2H3,(H,19,24)(H,20,22,23). The van der Waals surface area contributed by atoms with Gasteiger partial charge in [-0.25, -0.2) is 15.0 Å². The van der Waals surface area contributed by atoms with Crippen molar-refractivity contribution >= 4 is 16.8 Å². The highest BCUT2D eigenvalue weighted by molar-refractivity contribution is 5.92. The number of aromatic nitrogens is 4. The van der Waals surface area contributed by atoms with Crippen LogP contribution >= 0.6 is 0 Å². The quantitative estimate of drug-likeness (QED) is 0.762. The van der Waals surface area contributed by atoms with Gasteiger partial charge < -0.3 is 10.3 Å². The zero-order valence-electron chi connectivity index (χ0n) is 13.4. The Bertz CT molecular complexity index is 949. The third kappa shape index (κ3) is 3.29. The van der Waals surface area contributed by atoms with Gasteiger partial charge in [0.05, 0.1) is 17.4 Å². The van der Waals surface area contributed by atoms with Crippen LogP contribution < -0.4 is 10.9 Å². The number of fused-ring (bicyclic) bond motifs is 1. The molecule has 24 heavy (non-hydrogen) atoms. The maximum Gasteiger partial charge on any atom is 0.270 e. The number of para-hydroxylation sites is 1. The lowest BCUT2D eigenvalue weighted by Crippen LogP contribution is -2.26. The Kier molecular flexibility index (Phi) is 4.33. The highest BCUT2D eigenvalue weighted by atomic mass is 16.2. The molecule has 0 saturated carbocycles. The number of amides is 1. The second-order valence-electron chi connectivity index (χ2n) is 5.67. The molecule has 0 bridgehead atoms. The normalized spacial score (nSPS) is 11.0. The summed E-state index contributed by atoms with van der Waals surface area (Å²) in [4.78, 5) is 39.6. The molecule has 1 amide bonds. The monoisotopic (exact) mass is 323 g/mol. The van der Waals surface area contributed by atoms with Gasteiger partial charge in [-0.1, -0.05) is 26.0 Å². The molecule has 3 rings (SSSR count). The molecule has 2 N–H and O–H groups in total. The number of nitrogens with one attached hydrogen (secondary N) is 2. The molecular formula is C17H17N5O2. The van der Waals surface area contributed by atoms with Crippen molar-refractivity contribution in [2.24, 2.45) is 0 Å². The first-order valence-corrected chi connectivity index (χ1v) is 7.63. The van der Waals surface area contributed by atoms with E-state index in [1.54, 1.807) is 30.5 Å². The molecule has 2 aromatic heterocycles. The summed E-state index contributed by atoms with van der Waals surface area (Å²) >= 11 is 0. The van der Waals surface area contributed by atoms with Crippen molar-refractivity contribution in [2.75, 3.05) is 0 Å². The fraction of sp³-hybridized carbons (Fsp3) is 0.235. The van der Waals surface area contributed by atoms with Crippen LogP contribution in [0.3, 0.4) is 0 Å². The molecule has 0 aliphatic rings. The molecule has 7 nitrogen and oxygen atoms in total. The molecular weight excluding hydrogens is 306 g/mol. The number of hydrogen-bond donors (Lipinski definition) is 2. The van der Waals surface area contributed by atoms with E-state index in [9.17, 15) is 9.59 Å². The summed E-state index contributed by atoms with van der Waals surface area (Å²) < 4.78 is 0. The molecule has 0 unspecified atom stereocenters. The highest BCUT2D eigenvalue weighted by Gasteiger charge is 2.11. The number of aromatic amines is 1. The fourth-order valence-corrected chi connectivity index (χ4v) is 2.25. The Morgan fingerprint density at radius 2 is 2.00 bits per heavy atom. The zero-order chi connectivity index (χ0) is 17.1. The topological polar surface area (TPSA) is 101 Å². The maximum absolute atomic E-state index is 12.2. The van der Waals surface area contributed by atoms with Crippen LogP contribution in [0.15, 0.2) is 41.3 Å². The van der Waals surface area contributed by atoms with Crippen LogP contribution in [0.2, 0.25) is 0 Å². The average molecular weight is 323 g/mol. The van der Waals surface area contributed by atoms with Gasteiger partial charge >= 0.3 is 0 Å². The Balaban J connectivity index is 1.77. The van der Waals surface area contributed by atoms with Gasteiger partial charge in [0.1, 0.15) is 17.3 Å². The first-order valence-electron chi connectivity index (χ1n) is 7.63. The van der Waals surface area contributed by atoms with E-state index in [1.165, 1.54) is 0 Å². The highest BCUT2D eigenvalue weighted by Crippen LogP contribution is 2.08.